The van der Waals surface area contributed by atoms with Crippen LogP contribution in [0, 0.1) is 6.92 Å². The molecule has 0 bridgehead atoms. The van der Waals surface area contributed by atoms with Gasteiger partial charge >= 0.3 is 5.97 Å². The van der Waals surface area contributed by atoms with Crippen molar-refractivity contribution in [3.63, 3.8) is 0 Å². The molecule has 0 saturated carbocycles. The second kappa shape index (κ2) is 6.65. The number of likely N-dealkylation sites (tertiary alicyclic amines) is 1. The van der Waals surface area contributed by atoms with Crippen LogP contribution in [0.2, 0.25) is 0 Å². The lowest BCUT2D eigenvalue weighted by molar-refractivity contribution is 0.0695. The van der Waals surface area contributed by atoms with Gasteiger partial charge in [0.2, 0.25) is 5.95 Å². The number of carboxylic acid groups (broad SMARTS) is 1. The fourth-order valence-corrected chi connectivity index (χ4v) is 2.54. The smallest absolute Gasteiger partial charge is 0.339 e. The van der Waals surface area contributed by atoms with Gasteiger partial charge in [-0.15, -0.1) is 0 Å². The van der Waals surface area contributed by atoms with Gasteiger partial charge in [0.1, 0.15) is 0 Å². The Morgan fingerprint density at radius 2 is 2.15 bits per heavy atom. The lowest BCUT2D eigenvalue weighted by Crippen LogP contribution is -2.38. The Kier molecular flexibility index (Phi) is 4.89. The molecule has 1 aliphatic rings. The van der Waals surface area contributed by atoms with Crippen molar-refractivity contribution in [1.82, 2.24) is 14.9 Å². The molecule has 1 atom stereocenters. The number of carboxylic acids is 1. The van der Waals surface area contributed by atoms with E-state index in [1.54, 1.807) is 6.92 Å². The Hall–Kier alpha value is -1.69. The Morgan fingerprint density at radius 3 is 2.75 bits per heavy atom. The van der Waals surface area contributed by atoms with Crippen LogP contribution in [-0.2, 0) is 0 Å². The molecule has 0 aliphatic carbocycles. The van der Waals surface area contributed by atoms with Crippen molar-refractivity contribution in [2.24, 2.45) is 0 Å². The highest BCUT2D eigenvalue weighted by atomic mass is 16.4. The predicted octanol–water partition coefficient (Wildman–Crippen LogP) is 1.77. The van der Waals surface area contributed by atoms with Gasteiger partial charge in [0.25, 0.3) is 0 Å². The molecule has 2 rings (SSSR count). The molecule has 110 valence electrons. The number of piperidine rings is 1. The summed E-state index contributed by atoms with van der Waals surface area (Å²) in [6.07, 6.45) is 5.24. The summed E-state index contributed by atoms with van der Waals surface area (Å²) in [6.45, 7) is 7.06. The van der Waals surface area contributed by atoms with Crippen molar-refractivity contribution in [1.29, 1.82) is 0 Å². The average Bonchev–Trinajstić information content (AvgIpc) is 2.39. The normalized spacial score (nSPS) is 17.7. The largest absolute Gasteiger partial charge is 0.478 e. The second-order valence-electron chi connectivity index (χ2n) is 5.40. The number of rotatable bonds is 5. The molecule has 0 aromatic carbocycles. The minimum Gasteiger partial charge on any atom is -0.478 e. The molecular weight excluding hydrogens is 256 g/mol. The number of aromatic carboxylic acids is 1. The van der Waals surface area contributed by atoms with Crippen molar-refractivity contribution in [2.75, 3.05) is 25.0 Å². The molecule has 1 aliphatic heterocycles. The molecule has 0 amide bonds. The van der Waals surface area contributed by atoms with Crippen LogP contribution >= 0.6 is 0 Å². The first kappa shape index (κ1) is 14.7. The maximum Gasteiger partial charge on any atom is 0.339 e. The minimum atomic E-state index is -0.990. The average molecular weight is 278 g/mol. The first-order chi connectivity index (χ1) is 9.56. The molecule has 2 heterocycles. The number of anilines is 1. The molecule has 1 aromatic rings. The van der Waals surface area contributed by atoms with Gasteiger partial charge in [0.15, 0.2) is 0 Å². The van der Waals surface area contributed by atoms with E-state index in [0.29, 0.717) is 11.6 Å². The number of aromatic nitrogens is 2. The fourth-order valence-electron chi connectivity index (χ4n) is 2.54. The summed E-state index contributed by atoms with van der Waals surface area (Å²) in [5.41, 5.74) is 0.638. The zero-order valence-corrected chi connectivity index (χ0v) is 12.1. The highest BCUT2D eigenvalue weighted by Gasteiger charge is 2.15. The third-order valence-corrected chi connectivity index (χ3v) is 3.57. The molecule has 1 fully saturated rings. The van der Waals surface area contributed by atoms with Gasteiger partial charge in [0, 0.05) is 18.8 Å². The van der Waals surface area contributed by atoms with Crippen LogP contribution in [-0.4, -0.2) is 51.6 Å². The summed E-state index contributed by atoms with van der Waals surface area (Å²) in [6, 6.07) is 0.239. The number of nitrogens with zero attached hydrogens (tertiary/aromatic N) is 3. The SMILES string of the molecule is Cc1nc(NC(C)CN2CCCCC2)ncc1C(=O)O. The molecule has 1 unspecified atom stereocenters. The standard InChI is InChI=1S/C14H22N4O2/c1-10(9-18-6-4-3-5-7-18)16-14-15-8-12(13(19)20)11(2)17-14/h8,10H,3-7,9H2,1-2H3,(H,19,20)(H,15,16,17). The number of carbonyl (C=O) groups is 1. The van der Waals surface area contributed by atoms with Crippen molar-refractivity contribution >= 4 is 11.9 Å². The molecular formula is C14H22N4O2. The van der Waals surface area contributed by atoms with Crippen molar-refractivity contribution in [3.05, 3.63) is 17.5 Å². The Morgan fingerprint density at radius 1 is 1.45 bits per heavy atom. The Labute approximate surface area is 119 Å². The molecule has 1 aromatic heterocycles. The maximum absolute atomic E-state index is 10.9. The van der Waals surface area contributed by atoms with E-state index in [1.807, 2.05) is 0 Å². The Bertz CT molecular complexity index is 472. The van der Waals surface area contributed by atoms with Gasteiger partial charge in [-0.25, -0.2) is 14.8 Å². The summed E-state index contributed by atoms with van der Waals surface area (Å²) in [5.74, 6) is -0.493. The van der Waals surface area contributed by atoms with Crippen molar-refractivity contribution < 1.29 is 9.90 Å². The van der Waals surface area contributed by atoms with Crippen LogP contribution in [0.25, 0.3) is 0 Å². The molecule has 20 heavy (non-hydrogen) atoms. The highest BCUT2D eigenvalue weighted by Crippen LogP contribution is 2.11. The van der Waals surface area contributed by atoms with Crippen LogP contribution in [0.1, 0.15) is 42.2 Å². The van der Waals surface area contributed by atoms with Crippen LogP contribution in [0.5, 0.6) is 0 Å². The number of aryl methyl sites for hydroxylation is 1. The number of hydrogen-bond donors (Lipinski definition) is 2. The minimum absolute atomic E-state index is 0.152. The number of nitrogens with one attached hydrogen (secondary N) is 1. The first-order valence-corrected chi connectivity index (χ1v) is 7.12. The monoisotopic (exact) mass is 278 g/mol. The van der Waals surface area contributed by atoms with E-state index in [0.717, 1.165) is 19.6 Å². The summed E-state index contributed by atoms with van der Waals surface area (Å²) in [4.78, 5) is 21.6. The van der Waals surface area contributed by atoms with E-state index in [4.69, 9.17) is 5.11 Å². The lowest BCUT2D eigenvalue weighted by atomic mass is 10.1. The molecule has 6 nitrogen and oxygen atoms in total. The van der Waals surface area contributed by atoms with E-state index >= 15 is 0 Å². The van der Waals surface area contributed by atoms with E-state index in [1.165, 1.54) is 25.5 Å². The van der Waals surface area contributed by atoms with Gasteiger partial charge in [0.05, 0.1) is 11.3 Å². The molecule has 0 spiro atoms. The fraction of sp³-hybridized carbons (Fsp3) is 0.643. The predicted molar refractivity (Wildman–Crippen MR) is 77.1 cm³/mol. The summed E-state index contributed by atoms with van der Waals surface area (Å²) in [7, 11) is 0. The van der Waals surface area contributed by atoms with Crippen molar-refractivity contribution in [3.8, 4) is 0 Å². The molecule has 6 heteroatoms. The zero-order chi connectivity index (χ0) is 14.5. The van der Waals surface area contributed by atoms with Gasteiger partial charge in [-0.05, 0) is 39.8 Å². The Balaban J connectivity index is 1.92. The van der Waals surface area contributed by atoms with Crippen LogP contribution in [0.4, 0.5) is 5.95 Å². The van der Waals surface area contributed by atoms with E-state index in [-0.39, 0.29) is 11.6 Å². The lowest BCUT2D eigenvalue weighted by Gasteiger charge is -2.29. The highest BCUT2D eigenvalue weighted by molar-refractivity contribution is 5.88. The number of hydrogen-bond acceptors (Lipinski definition) is 5. The van der Waals surface area contributed by atoms with Gasteiger partial charge in [-0.3, -0.25) is 0 Å². The van der Waals surface area contributed by atoms with Crippen LogP contribution < -0.4 is 5.32 Å². The van der Waals surface area contributed by atoms with E-state index in [9.17, 15) is 4.79 Å². The molecule has 0 radical (unpaired) electrons. The molecule has 2 N–H and O–H groups in total. The topological polar surface area (TPSA) is 78.4 Å². The summed E-state index contributed by atoms with van der Waals surface area (Å²) >= 11 is 0. The van der Waals surface area contributed by atoms with E-state index in [2.05, 4.69) is 27.1 Å². The van der Waals surface area contributed by atoms with Gasteiger partial charge in [-0.1, -0.05) is 6.42 Å². The van der Waals surface area contributed by atoms with Gasteiger partial charge < -0.3 is 15.3 Å². The van der Waals surface area contributed by atoms with Crippen LogP contribution in [0.15, 0.2) is 6.20 Å². The van der Waals surface area contributed by atoms with Gasteiger partial charge in [-0.2, -0.15) is 0 Å². The zero-order valence-electron chi connectivity index (χ0n) is 12.1. The maximum atomic E-state index is 10.9. The second-order valence-corrected chi connectivity index (χ2v) is 5.40. The first-order valence-electron chi connectivity index (χ1n) is 7.12. The summed E-state index contributed by atoms with van der Waals surface area (Å²) in [5, 5.41) is 12.2. The van der Waals surface area contributed by atoms with Crippen molar-refractivity contribution in [2.45, 2.75) is 39.2 Å². The molecule has 1 saturated heterocycles. The summed E-state index contributed by atoms with van der Waals surface area (Å²) < 4.78 is 0. The third-order valence-electron chi connectivity index (χ3n) is 3.57. The van der Waals surface area contributed by atoms with Crippen LogP contribution in [0.3, 0.4) is 0 Å². The van der Waals surface area contributed by atoms with E-state index < -0.39 is 5.97 Å². The third kappa shape index (κ3) is 3.90. The quantitative estimate of drug-likeness (QED) is 0.854.